The summed E-state index contributed by atoms with van der Waals surface area (Å²) in [6.07, 6.45) is 2.75. The molecule has 25 heavy (non-hydrogen) atoms. The Balaban J connectivity index is 1.78. The molecule has 0 saturated heterocycles. The van der Waals surface area contributed by atoms with Crippen molar-refractivity contribution in [3.8, 4) is 11.6 Å². The number of aldehydes is 1. The van der Waals surface area contributed by atoms with Gasteiger partial charge >= 0.3 is 0 Å². The molecule has 0 amide bonds. The van der Waals surface area contributed by atoms with Gasteiger partial charge in [0.25, 0.3) is 5.89 Å². The van der Waals surface area contributed by atoms with Gasteiger partial charge in [0.1, 0.15) is 5.69 Å². The highest BCUT2D eigenvalue weighted by atomic mass is 79.9. The van der Waals surface area contributed by atoms with Gasteiger partial charge in [0.2, 0.25) is 5.89 Å². The minimum atomic E-state index is -0.231. The quantitative estimate of drug-likeness (QED) is 0.516. The molecule has 0 radical (unpaired) electrons. The first-order valence-electron chi connectivity index (χ1n) is 7.90. The zero-order valence-corrected chi connectivity index (χ0v) is 15.0. The lowest BCUT2D eigenvalue weighted by atomic mass is 9.99. The van der Waals surface area contributed by atoms with E-state index in [4.69, 9.17) is 4.42 Å². The first kappa shape index (κ1) is 16.0. The van der Waals surface area contributed by atoms with Crippen molar-refractivity contribution >= 4 is 28.0 Å². The van der Waals surface area contributed by atoms with Gasteiger partial charge in [-0.05, 0) is 37.5 Å². The summed E-state index contributed by atoms with van der Waals surface area (Å²) < 4.78 is 6.50. The van der Waals surface area contributed by atoms with Gasteiger partial charge in [-0.15, -0.1) is 10.2 Å². The molecule has 0 atom stereocenters. The Morgan fingerprint density at radius 3 is 2.84 bits per heavy atom. The van der Waals surface area contributed by atoms with Crippen LogP contribution in [0.3, 0.4) is 0 Å². The zero-order valence-electron chi connectivity index (χ0n) is 13.4. The largest absolute Gasteiger partial charge is 0.419 e. The van der Waals surface area contributed by atoms with E-state index in [1.165, 1.54) is 0 Å². The summed E-state index contributed by atoms with van der Waals surface area (Å²) in [7, 11) is 0. The Hall–Kier alpha value is -2.54. The van der Waals surface area contributed by atoms with Crippen LogP contribution in [0, 0.1) is 6.92 Å². The van der Waals surface area contributed by atoms with E-state index in [-0.39, 0.29) is 11.5 Å². The molecule has 3 aromatic rings. The number of aromatic nitrogens is 3. The van der Waals surface area contributed by atoms with Gasteiger partial charge in [-0.3, -0.25) is 9.59 Å². The van der Waals surface area contributed by atoms with Crippen LogP contribution in [0.4, 0.5) is 0 Å². The van der Waals surface area contributed by atoms with Crippen molar-refractivity contribution in [2.24, 2.45) is 0 Å². The zero-order chi connectivity index (χ0) is 17.6. The van der Waals surface area contributed by atoms with E-state index in [1.54, 1.807) is 25.1 Å². The maximum Gasteiger partial charge on any atom is 0.264 e. The Morgan fingerprint density at radius 1 is 1.36 bits per heavy atom. The lowest BCUT2D eigenvalue weighted by Crippen LogP contribution is -2.05. The SMILES string of the molecule is Cc1c(-c2nnc(C3CC3)o2)[nH]c(C=O)c1C(=O)c1cccc(Br)c1. The number of nitrogens with zero attached hydrogens (tertiary/aromatic N) is 2. The van der Waals surface area contributed by atoms with Crippen molar-refractivity contribution in [1.29, 1.82) is 0 Å². The molecule has 1 fully saturated rings. The van der Waals surface area contributed by atoms with Crippen molar-refractivity contribution < 1.29 is 14.0 Å². The summed E-state index contributed by atoms with van der Waals surface area (Å²) in [5.74, 6) is 1.02. The molecule has 0 unspecified atom stereocenters. The Kier molecular flexibility index (Phi) is 3.88. The van der Waals surface area contributed by atoms with E-state index in [0.717, 1.165) is 17.3 Å². The van der Waals surface area contributed by atoms with Gasteiger partial charge in [-0.1, -0.05) is 28.1 Å². The highest BCUT2D eigenvalue weighted by Gasteiger charge is 2.31. The second-order valence-corrected chi connectivity index (χ2v) is 7.01. The summed E-state index contributed by atoms with van der Waals surface area (Å²) in [6.45, 7) is 1.77. The molecular formula is C18H14BrN3O3. The van der Waals surface area contributed by atoms with Crippen LogP contribution < -0.4 is 0 Å². The number of ketones is 1. The van der Waals surface area contributed by atoms with E-state index < -0.39 is 0 Å². The number of carbonyl (C=O) groups excluding carboxylic acids is 2. The molecule has 1 aromatic carbocycles. The molecule has 2 aromatic heterocycles. The third-order valence-corrected chi connectivity index (χ3v) is 4.79. The lowest BCUT2D eigenvalue weighted by molar-refractivity contribution is 0.102. The van der Waals surface area contributed by atoms with Crippen LogP contribution in [0.25, 0.3) is 11.6 Å². The third kappa shape index (κ3) is 2.84. The van der Waals surface area contributed by atoms with Crippen LogP contribution in [0.1, 0.15) is 56.6 Å². The topological polar surface area (TPSA) is 88.8 Å². The van der Waals surface area contributed by atoms with Gasteiger partial charge in [-0.2, -0.15) is 0 Å². The van der Waals surface area contributed by atoms with E-state index in [1.807, 2.05) is 6.07 Å². The Bertz CT molecular complexity index is 985. The number of hydrogen-bond donors (Lipinski definition) is 1. The number of carbonyl (C=O) groups is 2. The van der Waals surface area contributed by atoms with Gasteiger partial charge in [0.05, 0.1) is 11.3 Å². The number of benzene rings is 1. The minimum absolute atomic E-state index is 0.212. The van der Waals surface area contributed by atoms with Crippen LogP contribution in [-0.2, 0) is 0 Å². The average molecular weight is 400 g/mol. The van der Waals surface area contributed by atoms with Gasteiger partial charge in [0, 0.05) is 16.0 Å². The monoisotopic (exact) mass is 399 g/mol. The summed E-state index contributed by atoms with van der Waals surface area (Å²) in [5.41, 5.74) is 2.17. The Labute approximate surface area is 151 Å². The van der Waals surface area contributed by atoms with Crippen molar-refractivity contribution in [2.75, 3.05) is 0 Å². The molecule has 126 valence electrons. The summed E-state index contributed by atoms with van der Waals surface area (Å²) in [4.78, 5) is 27.3. The van der Waals surface area contributed by atoms with Crippen LogP contribution in [0.5, 0.6) is 0 Å². The molecular weight excluding hydrogens is 386 g/mol. The smallest absolute Gasteiger partial charge is 0.264 e. The highest BCUT2D eigenvalue weighted by Crippen LogP contribution is 2.40. The normalized spacial score (nSPS) is 13.8. The number of aromatic amines is 1. The summed E-state index contributed by atoms with van der Waals surface area (Å²) >= 11 is 3.36. The maximum absolute atomic E-state index is 12.9. The molecule has 7 heteroatoms. The number of nitrogens with one attached hydrogen (secondary N) is 1. The maximum atomic E-state index is 12.9. The summed E-state index contributed by atoms with van der Waals surface area (Å²) in [5, 5.41) is 8.12. The fraction of sp³-hybridized carbons (Fsp3) is 0.222. The molecule has 1 saturated carbocycles. The highest BCUT2D eigenvalue weighted by molar-refractivity contribution is 9.10. The molecule has 1 aliphatic carbocycles. The molecule has 2 heterocycles. The van der Waals surface area contributed by atoms with E-state index in [0.29, 0.717) is 46.4 Å². The number of halogens is 1. The minimum Gasteiger partial charge on any atom is -0.419 e. The Morgan fingerprint density at radius 2 is 2.16 bits per heavy atom. The molecule has 0 spiro atoms. The molecule has 6 nitrogen and oxygen atoms in total. The van der Waals surface area contributed by atoms with Gasteiger partial charge in [0.15, 0.2) is 12.1 Å². The number of H-pyrrole nitrogens is 1. The van der Waals surface area contributed by atoms with E-state index >= 15 is 0 Å². The fourth-order valence-electron chi connectivity index (χ4n) is 2.82. The van der Waals surface area contributed by atoms with Crippen molar-refractivity contribution in [3.05, 3.63) is 57.0 Å². The van der Waals surface area contributed by atoms with Gasteiger partial charge < -0.3 is 9.40 Å². The number of rotatable bonds is 5. The van der Waals surface area contributed by atoms with Crippen molar-refractivity contribution in [2.45, 2.75) is 25.7 Å². The van der Waals surface area contributed by atoms with Crippen molar-refractivity contribution in [1.82, 2.24) is 15.2 Å². The van der Waals surface area contributed by atoms with Crippen LogP contribution in [0.15, 0.2) is 33.2 Å². The fourth-order valence-corrected chi connectivity index (χ4v) is 3.22. The van der Waals surface area contributed by atoms with Crippen LogP contribution in [-0.4, -0.2) is 27.3 Å². The molecule has 1 N–H and O–H groups in total. The predicted octanol–water partition coefficient (Wildman–Crippen LogP) is 4.06. The molecule has 1 aliphatic rings. The lowest BCUT2D eigenvalue weighted by Gasteiger charge is -2.02. The van der Waals surface area contributed by atoms with Crippen molar-refractivity contribution in [3.63, 3.8) is 0 Å². The molecule has 0 aliphatic heterocycles. The van der Waals surface area contributed by atoms with Crippen LogP contribution >= 0.6 is 15.9 Å². The van der Waals surface area contributed by atoms with E-state index in [9.17, 15) is 9.59 Å². The molecule has 4 rings (SSSR count). The van der Waals surface area contributed by atoms with Crippen LogP contribution in [0.2, 0.25) is 0 Å². The molecule has 0 bridgehead atoms. The third-order valence-electron chi connectivity index (χ3n) is 4.29. The van der Waals surface area contributed by atoms with Gasteiger partial charge in [-0.25, -0.2) is 0 Å². The first-order chi connectivity index (χ1) is 12.1. The summed E-state index contributed by atoms with van der Waals surface area (Å²) in [6, 6.07) is 7.05. The number of hydrogen-bond acceptors (Lipinski definition) is 5. The average Bonchev–Trinajstić information content (AvgIpc) is 3.25. The van der Waals surface area contributed by atoms with E-state index in [2.05, 4.69) is 31.1 Å². The predicted molar refractivity (Wildman–Crippen MR) is 93.8 cm³/mol. The second-order valence-electron chi connectivity index (χ2n) is 6.09. The first-order valence-corrected chi connectivity index (χ1v) is 8.69. The second kappa shape index (κ2) is 6.07. The standard InChI is InChI=1S/C18H14BrN3O3/c1-9-14(16(24)11-3-2-4-12(19)7-11)13(8-23)20-15(9)18-22-21-17(25-18)10-5-6-10/h2-4,7-8,10,20H,5-6H2,1H3.